The van der Waals surface area contributed by atoms with Gasteiger partial charge in [0.2, 0.25) is 14.1 Å². The standard InChI is InChI=1S/C29H50O4Si/c1-18(2)24-12-11-22(9)25-16-27(30)28(10)13-14-29(31,33-28)23(15-26(24)25)17-32-34(19(3)4,20(5)6)21(7)8/h11,13-15,18-21,24-27,30-31H,12,16-17H2,1-10H3/b23-15-/t24-,25+,26-,27+,28+,29-/m1/s1. The molecule has 0 saturated heterocycles. The molecule has 2 N–H and O–H groups in total. The van der Waals surface area contributed by atoms with Crippen molar-refractivity contribution in [3.05, 3.63) is 35.5 Å². The van der Waals surface area contributed by atoms with E-state index >= 15 is 0 Å². The van der Waals surface area contributed by atoms with Gasteiger partial charge in [-0.1, -0.05) is 73.1 Å². The quantitative estimate of drug-likeness (QED) is 0.306. The van der Waals surface area contributed by atoms with Gasteiger partial charge in [0.05, 0.1) is 12.7 Å². The van der Waals surface area contributed by atoms with Crippen LogP contribution in [0.1, 0.15) is 82.1 Å². The van der Waals surface area contributed by atoms with Gasteiger partial charge in [0.15, 0.2) is 0 Å². The first-order chi connectivity index (χ1) is 15.7. The third kappa shape index (κ3) is 4.80. The van der Waals surface area contributed by atoms with E-state index in [2.05, 4.69) is 74.5 Å². The largest absolute Gasteiger partial charge is 0.412 e. The minimum absolute atomic E-state index is 0.227. The monoisotopic (exact) mass is 490 g/mol. The average molecular weight is 491 g/mol. The molecule has 4 nitrogen and oxygen atoms in total. The Hall–Kier alpha value is -0.723. The van der Waals surface area contributed by atoms with Crippen molar-refractivity contribution in [2.24, 2.45) is 23.7 Å². The Morgan fingerprint density at radius 2 is 1.65 bits per heavy atom. The lowest BCUT2D eigenvalue weighted by Crippen LogP contribution is -2.49. The predicted octanol–water partition coefficient (Wildman–Crippen LogP) is 6.76. The summed E-state index contributed by atoms with van der Waals surface area (Å²) in [5.41, 5.74) is 2.60. The van der Waals surface area contributed by atoms with Crippen molar-refractivity contribution in [3.63, 3.8) is 0 Å². The fraction of sp³-hybridized carbons (Fsp3) is 0.793. The fourth-order valence-electron chi connectivity index (χ4n) is 7.25. The fourth-order valence-corrected chi connectivity index (χ4v) is 12.7. The number of ether oxygens (including phenoxy) is 1. The molecule has 34 heavy (non-hydrogen) atoms. The molecule has 0 aromatic rings. The number of allylic oxidation sites excluding steroid dienone is 3. The van der Waals surface area contributed by atoms with Crippen LogP contribution in [0.3, 0.4) is 0 Å². The SMILES string of the molecule is CC1=CC[C@H](C(C)C)[C@H]2/C=C(/CO[Si](C(C)C)(C(C)C)C(C)C)[C@@]3(O)C=C[C@](C)(O3)[C@@H](O)C[C@@H]12. The first kappa shape index (κ1) is 27.9. The molecular formula is C29H50O4Si. The number of aliphatic hydroxyl groups is 2. The van der Waals surface area contributed by atoms with E-state index in [0.717, 1.165) is 12.0 Å². The predicted molar refractivity (Wildman–Crippen MR) is 143 cm³/mol. The highest BCUT2D eigenvalue weighted by Gasteiger charge is 2.52. The molecule has 0 fully saturated rings. The van der Waals surface area contributed by atoms with Crippen LogP contribution in [0.25, 0.3) is 0 Å². The van der Waals surface area contributed by atoms with E-state index in [1.165, 1.54) is 5.57 Å². The molecule has 0 saturated carbocycles. The van der Waals surface area contributed by atoms with E-state index in [4.69, 9.17) is 9.16 Å². The second kappa shape index (κ2) is 9.97. The van der Waals surface area contributed by atoms with E-state index in [1.807, 2.05) is 13.0 Å². The summed E-state index contributed by atoms with van der Waals surface area (Å²) in [6.07, 6.45) is 9.20. The maximum atomic E-state index is 11.8. The van der Waals surface area contributed by atoms with Crippen molar-refractivity contribution in [2.45, 2.75) is 116 Å². The Morgan fingerprint density at radius 1 is 1.06 bits per heavy atom. The van der Waals surface area contributed by atoms with Crippen LogP contribution in [0.4, 0.5) is 0 Å². The number of aliphatic hydroxyl groups excluding tert-OH is 1. The van der Waals surface area contributed by atoms with Gasteiger partial charge in [-0.2, -0.15) is 0 Å². The lowest BCUT2D eigenvalue weighted by molar-refractivity contribution is -0.208. The second-order valence-corrected chi connectivity index (χ2v) is 18.1. The van der Waals surface area contributed by atoms with Gasteiger partial charge in [-0.3, -0.25) is 0 Å². The summed E-state index contributed by atoms with van der Waals surface area (Å²) < 4.78 is 13.3. The van der Waals surface area contributed by atoms with Crippen LogP contribution in [-0.4, -0.2) is 42.6 Å². The van der Waals surface area contributed by atoms with Crippen LogP contribution in [0.5, 0.6) is 0 Å². The van der Waals surface area contributed by atoms with E-state index in [-0.39, 0.29) is 11.8 Å². The zero-order valence-electron chi connectivity index (χ0n) is 23.3. The molecule has 3 aliphatic rings. The summed E-state index contributed by atoms with van der Waals surface area (Å²) in [5.74, 6) is -0.134. The van der Waals surface area contributed by atoms with Crippen molar-refractivity contribution in [1.82, 2.24) is 0 Å². The number of hydrogen-bond acceptors (Lipinski definition) is 4. The molecule has 0 aromatic carbocycles. The average Bonchev–Trinajstić information content (AvgIpc) is 3.06. The molecular weight excluding hydrogens is 440 g/mol. The molecule has 1 aliphatic carbocycles. The van der Waals surface area contributed by atoms with Gasteiger partial charge in [-0.15, -0.1) is 0 Å². The van der Waals surface area contributed by atoms with Crippen molar-refractivity contribution in [3.8, 4) is 0 Å². The lowest BCUT2D eigenvalue weighted by atomic mass is 9.65. The minimum Gasteiger partial charge on any atom is -0.412 e. The Kier molecular flexibility index (Phi) is 8.17. The van der Waals surface area contributed by atoms with E-state index in [9.17, 15) is 10.2 Å². The van der Waals surface area contributed by atoms with Crippen molar-refractivity contribution in [1.29, 1.82) is 0 Å². The summed E-state index contributed by atoms with van der Waals surface area (Å²) in [7, 11) is -2.14. The molecule has 2 heterocycles. The molecule has 0 aromatic heterocycles. The second-order valence-electron chi connectivity index (χ2n) is 12.6. The number of fused-ring (bicyclic) bond motifs is 3. The van der Waals surface area contributed by atoms with Gasteiger partial charge < -0.3 is 19.4 Å². The first-order valence-electron chi connectivity index (χ1n) is 13.5. The highest BCUT2D eigenvalue weighted by molar-refractivity contribution is 6.77. The summed E-state index contributed by atoms with van der Waals surface area (Å²) in [6.45, 7) is 22.8. The number of rotatable bonds is 7. The van der Waals surface area contributed by atoms with Gasteiger partial charge in [-0.25, -0.2) is 0 Å². The summed E-state index contributed by atoms with van der Waals surface area (Å²) >= 11 is 0. The highest BCUT2D eigenvalue weighted by atomic mass is 28.4. The van der Waals surface area contributed by atoms with Gasteiger partial charge >= 0.3 is 0 Å². The maximum Gasteiger partial charge on any atom is 0.211 e. The van der Waals surface area contributed by atoms with Gasteiger partial charge in [0.25, 0.3) is 0 Å². The summed E-state index contributed by atoms with van der Waals surface area (Å²) in [5, 5.41) is 23.1. The molecule has 2 bridgehead atoms. The third-order valence-corrected chi connectivity index (χ3v) is 15.4. The summed E-state index contributed by atoms with van der Waals surface area (Å²) in [6, 6.07) is 0. The molecule has 5 heteroatoms. The summed E-state index contributed by atoms with van der Waals surface area (Å²) in [4.78, 5) is 0. The smallest absolute Gasteiger partial charge is 0.211 e. The van der Waals surface area contributed by atoms with Crippen LogP contribution < -0.4 is 0 Å². The Bertz CT molecular complexity index is 804. The molecule has 2 aliphatic heterocycles. The minimum atomic E-state index is -2.14. The Balaban J connectivity index is 2.10. The molecule has 3 rings (SSSR count). The van der Waals surface area contributed by atoms with Crippen LogP contribution in [-0.2, 0) is 9.16 Å². The van der Waals surface area contributed by atoms with Gasteiger partial charge in [0.1, 0.15) is 5.60 Å². The van der Waals surface area contributed by atoms with Crippen molar-refractivity contribution in [2.75, 3.05) is 6.61 Å². The van der Waals surface area contributed by atoms with Crippen molar-refractivity contribution < 1.29 is 19.4 Å². The number of hydrogen-bond donors (Lipinski definition) is 2. The van der Waals surface area contributed by atoms with E-state index in [0.29, 0.717) is 41.5 Å². The molecule has 194 valence electrons. The van der Waals surface area contributed by atoms with Crippen molar-refractivity contribution >= 4 is 8.32 Å². The van der Waals surface area contributed by atoms with Crippen LogP contribution in [0.15, 0.2) is 35.5 Å². The van der Waals surface area contributed by atoms with Crippen LogP contribution >= 0.6 is 0 Å². The van der Waals surface area contributed by atoms with Gasteiger partial charge in [0, 0.05) is 5.57 Å². The normalized spacial score (nSPS) is 38.0. The van der Waals surface area contributed by atoms with Crippen LogP contribution in [0, 0.1) is 23.7 Å². The molecule has 0 spiro atoms. The first-order valence-corrected chi connectivity index (χ1v) is 15.6. The van der Waals surface area contributed by atoms with E-state index in [1.54, 1.807) is 6.08 Å². The topological polar surface area (TPSA) is 58.9 Å². The Labute approximate surface area is 209 Å². The molecule has 6 atom stereocenters. The van der Waals surface area contributed by atoms with Gasteiger partial charge in [-0.05, 0) is 79.1 Å². The molecule has 0 unspecified atom stereocenters. The van der Waals surface area contributed by atoms with Crippen LogP contribution in [0.2, 0.25) is 16.6 Å². The van der Waals surface area contributed by atoms with E-state index < -0.39 is 25.8 Å². The lowest BCUT2D eigenvalue weighted by Gasteiger charge is -2.43. The maximum absolute atomic E-state index is 11.8. The highest BCUT2D eigenvalue weighted by Crippen LogP contribution is 2.49. The molecule has 0 radical (unpaired) electrons. The molecule has 0 amide bonds. The zero-order valence-corrected chi connectivity index (χ0v) is 24.3. The third-order valence-electron chi connectivity index (χ3n) is 9.31. The zero-order chi connectivity index (χ0) is 25.6. The Morgan fingerprint density at radius 3 is 2.18 bits per heavy atom.